The van der Waals surface area contributed by atoms with Crippen LogP contribution in [0.1, 0.15) is 43.6 Å². The molecular formula is C71H99ClF6N17O29PS2. The maximum atomic E-state index is 12.6. The molecule has 0 spiro atoms. The number of aliphatic hydroxyl groups excluding tert-OH is 2. The number of aliphatic hydroxyl groups is 2. The Morgan fingerprint density at radius 3 is 1.22 bits per heavy atom. The average Bonchev–Trinajstić information content (AvgIpc) is 1.65. The van der Waals surface area contributed by atoms with Gasteiger partial charge in [-0.3, -0.25) is 100 Å². The van der Waals surface area contributed by atoms with Gasteiger partial charge in [0.05, 0.1) is 81.3 Å². The topological polar surface area (TPSA) is 629 Å². The lowest BCUT2D eigenvalue weighted by molar-refractivity contribution is -0.201. The highest BCUT2D eigenvalue weighted by atomic mass is 35.7. The number of ether oxygens (including phenoxy) is 9. The van der Waals surface area contributed by atoms with Gasteiger partial charge in [-0.05, 0) is 42.4 Å². The van der Waals surface area contributed by atoms with Crippen LogP contribution in [0.2, 0.25) is 0 Å². The van der Waals surface area contributed by atoms with Crippen LogP contribution in [0, 0.1) is 6.92 Å². The Hall–Kier alpha value is -10.0. The number of para-hydroxylation sites is 1. The van der Waals surface area contributed by atoms with Gasteiger partial charge in [-0.15, -0.1) is 0 Å². The highest BCUT2D eigenvalue weighted by Crippen LogP contribution is 2.32. The van der Waals surface area contributed by atoms with Crippen LogP contribution in [0.15, 0.2) is 172 Å². The number of carbonyl (C=O) groups excluding carboxylic acids is 2. The van der Waals surface area contributed by atoms with Crippen molar-refractivity contribution in [3.8, 4) is 0 Å². The normalized spacial score (nSPS) is 20.6. The molecule has 127 heavy (non-hydrogen) atoms. The van der Waals surface area contributed by atoms with E-state index < -0.39 is 167 Å². The SMILES string of the molecule is CCNS.COCC1CN(C(=O)C(F)(F)F)CC(n2ccc(=O)[nH]c2=O)O1.COCC1CNCC(n2ccc(=O)[nH]c2=O)O1.COCCN1CC(COC)OC(n2ccc(=O)[nH]c2=O)C1.Cc1ccc(S(=O)(=O)O)cc1.N.O.O=C(N1CC(CO)OC(n2ccc(=O)[nH]c2=O)C1)C(F)(F)F.O=c1c2ccccc2op1Cl.O=c1ccn(C2CNCC(CO)O2)c(=O)[nH]1. The van der Waals surface area contributed by atoms with Gasteiger partial charge in [-0.1, -0.05) is 49.6 Å². The van der Waals surface area contributed by atoms with Gasteiger partial charge in [-0.2, -0.15) is 34.8 Å². The lowest BCUT2D eigenvalue weighted by atomic mass is 10.2. The maximum Gasteiger partial charge on any atom is 0.471 e. The first kappa shape index (κ1) is 109. The molecule has 16 N–H and O–H groups in total. The summed E-state index contributed by atoms with van der Waals surface area (Å²) in [6, 6.07) is 19.0. The third-order valence-electron chi connectivity index (χ3n) is 17.5. The summed E-state index contributed by atoms with van der Waals surface area (Å²) in [6.45, 7) is 7.90. The minimum absolute atomic E-state index is 0. The predicted molar refractivity (Wildman–Crippen MR) is 444 cm³/mol. The smallest absolute Gasteiger partial charge is 0.430 e. The van der Waals surface area contributed by atoms with Crippen LogP contribution in [-0.4, -0.2) is 292 Å². The van der Waals surface area contributed by atoms with Crippen LogP contribution >= 0.6 is 31.2 Å². The average molecular weight is 1900 g/mol. The summed E-state index contributed by atoms with van der Waals surface area (Å²) in [4.78, 5) is 161. The van der Waals surface area contributed by atoms with E-state index in [-0.39, 0.29) is 59.8 Å². The molecular weight excluding hydrogens is 1800 g/mol. The van der Waals surface area contributed by atoms with Crippen LogP contribution in [0.5, 0.6) is 0 Å². The second-order valence-electron chi connectivity index (χ2n) is 26.8. The second kappa shape index (κ2) is 53.1. The van der Waals surface area contributed by atoms with Crippen LogP contribution in [-0.2, 0) is 62.3 Å². The van der Waals surface area contributed by atoms with Gasteiger partial charge in [0.2, 0.25) is 0 Å². The van der Waals surface area contributed by atoms with E-state index in [0.29, 0.717) is 79.9 Å². The molecule has 5 aliphatic heterocycles. The summed E-state index contributed by atoms with van der Waals surface area (Å²) >= 11 is 9.29. The molecule has 8 aromatic rings. The molecule has 56 heteroatoms. The number of amides is 2. The van der Waals surface area contributed by atoms with Crippen molar-refractivity contribution in [1.82, 2.24) is 84.0 Å². The molecule has 5 aliphatic rings. The fourth-order valence-corrected chi connectivity index (χ4v) is 13.5. The van der Waals surface area contributed by atoms with Crippen molar-refractivity contribution in [3.63, 3.8) is 0 Å². The summed E-state index contributed by atoms with van der Waals surface area (Å²) in [7, 11) is 0.745. The fraction of sp³-hybridized carbons (Fsp3) is 0.507. The quantitative estimate of drug-likeness (QED) is 0.0246. The molecule has 708 valence electrons. The first-order valence-corrected chi connectivity index (χ1v) is 41.3. The zero-order chi connectivity index (χ0) is 92.5. The number of aryl methyl sites for hydroxylation is 1. The molecule has 46 nitrogen and oxygen atoms in total. The Kier molecular flexibility index (Phi) is 45.7. The van der Waals surface area contributed by atoms with Crippen LogP contribution in [0.25, 0.3) is 11.0 Å². The number of thiol groups is 1. The van der Waals surface area contributed by atoms with E-state index in [1.54, 1.807) is 51.7 Å². The number of rotatable bonds is 18. The first-order chi connectivity index (χ1) is 59.2. The van der Waals surface area contributed by atoms with E-state index in [1.165, 1.54) is 69.7 Å². The van der Waals surface area contributed by atoms with Crippen molar-refractivity contribution in [2.75, 3.05) is 147 Å². The van der Waals surface area contributed by atoms with Gasteiger partial charge in [0.25, 0.3) is 43.1 Å². The van der Waals surface area contributed by atoms with Crippen LogP contribution in [0.3, 0.4) is 0 Å². The zero-order valence-corrected chi connectivity index (χ0v) is 72.0. The highest BCUT2D eigenvalue weighted by Gasteiger charge is 2.47. The van der Waals surface area contributed by atoms with Crippen molar-refractivity contribution in [3.05, 3.63) is 230 Å². The molecule has 11 heterocycles. The van der Waals surface area contributed by atoms with Gasteiger partial charge < -0.3 is 89.1 Å². The number of nitrogens with one attached hydrogen (secondary N) is 8. The summed E-state index contributed by atoms with van der Waals surface area (Å²) in [5.74, 6) is -4.11. The maximum absolute atomic E-state index is 12.6. The third-order valence-corrected chi connectivity index (χ3v) is 20.3. The van der Waals surface area contributed by atoms with Crippen LogP contribution < -0.4 is 82.9 Å². The number of hydrogen-bond donors (Lipinski definition) is 13. The number of alkyl halides is 6. The van der Waals surface area contributed by atoms with E-state index in [4.69, 9.17) is 72.8 Å². The molecule has 0 radical (unpaired) electrons. The number of H-pyrrole nitrogens is 5. The molecule has 6 aromatic heterocycles. The molecule has 0 bridgehead atoms. The lowest BCUT2D eigenvalue weighted by Gasteiger charge is -2.38. The minimum Gasteiger partial charge on any atom is -0.430 e. The molecule has 2 aromatic carbocycles. The number of morpholine rings is 5. The van der Waals surface area contributed by atoms with Gasteiger partial charge in [0, 0.05) is 155 Å². The Morgan fingerprint density at radius 1 is 0.512 bits per heavy atom. The van der Waals surface area contributed by atoms with E-state index in [0.717, 1.165) is 52.3 Å². The number of methoxy groups -OCH3 is 4. The zero-order valence-electron chi connectivity index (χ0n) is 68.7. The predicted octanol–water partition coefficient (Wildman–Crippen LogP) is -2.20. The summed E-state index contributed by atoms with van der Waals surface area (Å²) < 4.78 is 166. The largest absolute Gasteiger partial charge is 0.471 e. The molecule has 13 rings (SSSR count). The molecule has 11 unspecified atom stereocenters. The Morgan fingerprint density at radius 2 is 0.858 bits per heavy atom. The second-order valence-corrected chi connectivity index (χ2v) is 30.5. The highest BCUT2D eigenvalue weighted by molar-refractivity contribution is 7.85. The van der Waals surface area contributed by atoms with Crippen molar-refractivity contribution in [2.24, 2.45) is 0 Å². The Labute approximate surface area is 725 Å². The molecule has 2 amide bonds. The van der Waals surface area contributed by atoms with E-state index >= 15 is 0 Å². The number of benzene rings is 2. The Balaban J connectivity index is 0.000000311. The first-order valence-electron chi connectivity index (χ1n) is 37.3. The standard InChI is InChI=1S/C13H21N3O5.C12H14F3N3O5.C11H12F3N3O5.C10H15N3O4.C9H13N3O4.C7H4ClO2P.C7H8O3S.C2H7NS.H3N.H2O/c1-19-6-5-15-7-10(9-20-2)21-12(8-15)16-4-3-11(17)14-13(16)18;1-22-6-7-4-17(10(20)12(13,14)15)5-9(23-7)18-3-2-8(19)16-11(18)21;12-11(13,14)9(20)16-3-6(5-18)22-8(4-16)17-2-1-7(19)15-10(17)21;1-16-6-7-4-11-5-9(17-7)13-3-2-8(14)12-10(13)15;13-5-6-3-10-4-8(16-6)12-2-1-7(14)11-9(12)15;8-11-7(9)5-3-1-2-4-6(5)10-11;1-6-2-4-7(5-3-6)11(8,9)10;1-2-3-4;;/h3-4,10,12H,5-9H2,1-2H3,(H,14,17,18);2-3,7,9H,4-6H2,1H3,(H,16,19,21);1-2,6,8,18H,3-5H2,(H,15,19,21);2-3,7,9,11H,4-6H2,1H3,(H,12,14,15);1-2,6,8,10,13H,3-5H2,(H,11,14,15);1-4H;2-5H,1H3,(H,8,9,10);3-4H,2H2,1H3;1H3;1H2. The minimum atomic E-state index is -5.07. The number of carbonyl (C=O) groups is 2. The summed E-state index contributed by atoms with van der Waals surface area (Å²) in [6.07, 6.45) is -9.99. The van der Waals surface area contributed by atoms with Gasteiger partial charge in [-0.25, -0.2) is 24.0 Å². The number of nitrogens with zero attached hydrogens (tertiary/aromatic N) is 8. The van der Waals surface area contributed by atoms with E-state index in [9.17, 15) is 97.1 Å². The van der Waals surface area contributed by atoms with E-state index in [2.05, 4.69) is 48.0 Å². The van der Waals surface area contributed by atoms with Gasteiger partial charge in [0.1, 0.15) is 17.8 Å². The molecule has 5 saturated heterocycles. The van der Waals surface area contributed by atoms with Gasteiger partial charge >= 0.3 is 52.6 Å². The van der Waals surface area contributed by atoms with E-state index in [1.807, 2.05) is 29.9 Å². The monoisotopic (exact) mass is 1900 g/mol. The van der Waals surface area contributed by atoms with Gasteiger partial charge in [0.15, 0.2) is 38.3 Å². The number of fused-ring (bicyclic) bond motifs is 1. The number of aromatic nitrogens is 10. The summed E-state index contributed by atoms with van der Waals surface area (Å²) in [5.41, 5.74) is -4.24. The number of hydrogen-bond acceptors (Lipinski definition) is 33. The number of halogens is 7. The van der Waals surface area contributed by atoms with Crippen LogP contribution in [0.4, 0.5) is 26.3 Å². The van der Waals surface area contributed by atoms with Crippen molar-refractivity contribution in [1.29, 1.82) is 0 Å². The molecule has 11 atom stereocenters. The summed E-state index contributed by atoms with van der Waals surface area (Å²) in [5, 5.41) is 24.8. The number of aromatic amines is 5. The molecule has 5 fully saturated rings. The third kappa shape index (κ3) is 34.8. The van der Waals surface area contributed by atoms with Crippen molar-refractivity contribution < 1.29 is 111 Å². The lowest BCUT2D eigenvalue weighted by Crippen LogP contribution is -2.54. The fourth-order valence-electron chi connectivity index (χ4n) is 11.8. The molecule has 0 aliphatic carbocycles. The van der Waals surface area contributed by atoms with Crippen molar-refractivity contribution in [2.45, 2.75) is 92.8 Å². The van der Waals surface area contributed by atoms with Crippen molar-refractivity contribution >= 4 is 64.1 Å². The Bertz CT molecular complexity index is 5580. The molecule has 0 saturated carbocycles.